The summed E-state index contributed by atoms with van der Waals surface area (Å²) in [5.74, 6) is -0.624. The predicted molar refractivity (Wildman–Crippen MR) is 177 cm³/mol. The fraction of sp³-hybridized carbons (Fsp3) is 0.405. The van der Waals surface area contributed by atoms with Gasteiger partial charge in [-0.05, 0) is 80.0 Å². The average molecular weight is 611 g/mol. The van der Waals surface area contributed by atoms with E-state index in [4.69, 9.17) is 4.74 Å². The highest BCUT2D eigenvalue weighted by atomic mass is 19.1. The van der Waals surface area contributed by atoms with E-state index in [1.165, 1.54) is 17.0 Å². The largest absolute Gasteiger partial charge is 0.378 e. The van der Waals surface area contributed by atoms with Gasteiger partial charge in [-0.3, -0.25) is 9.59 Å². The van der Waals surface area contributed by atoms with Gasteiger partial charge in [-0.25, -0.2) is 4.39 Å². The number of nitrogens with zero attached hydrogens (tertiary/aromatic N) is 2. The zero-order valence-corrected chi connectivity index (χ0v) is 26.8. The van der Waals surface area contributed by atoms with E-state index in [-0.39, 0.29) is 42.0 Å². The molecule has 4 aromatic rings. The lowest BCUT2D eigenvalue weighted by atomic mass is 9.97. The minimum Gasteiger partial charge on any atom is -0.378 e. The van der Waals surface area contributed by atoms with Crippen molar-refractivity contribution in [3.8, 4) is 0 Å². The number of benzene rings is 3. The molecule has 1 saturated heterocycles. The summed E-state index contributed by atoms with van der Waals surface area (Å²) in [6.45, 7) is 13.0. The van der Waals surface area contributed by atoms with Gasteiger partial charge in [-0.15, -0.1) is 0 Å². The minimum atomic E-state index is -1.26. The number of anilines is 2. The third-order valence-corrected chi connectivity index (χ3v) is 10.0. The first-order valence-electron chi connectivity index (χ1n) is 15.8. The molecule has 7 nitrogen and oxygen atoms in total. The molecule has 0 bridgehead atoms. The topological polar surface area (TPSA) is 77.7 Å². The number of amides is 2. The lowest BCUT2D eigenvalue weighted by molar-refractivity contribution is -0.145. The number of para-hydroxylation sites is 1. The van der Waals surface area contributed by atoms with E-state index in [1.54, 1.807) is 36.9 Å². The second-order valence-corrected chi connectivity index (χ2v) is 13.5. The normalized spacial score (nSPS) is 19.4. The molecule has 6 rings (SSSR count). The molecule has 2 fully saturated rings. The second-order valence-electron chi connectivity index (χ2n) is 13.5. The van der Waals surface area contributed by atoms with Crippen LogP contribution in [0.3, 0.4) is 0 Å². The standard InChI is InChI=1S/C37H43FN4O3/c1-24-33(28-11-7-9-13-31(28)39-24)34-29(36(34,2)3)22-32(43)42(23-25-10-6-8-12-30(25)38)37(4,5)35(44)40-26-14-16-27(17-15-26)41-18-20-45-21-19-41/h6-17,29,34,39H,18-23H2,1-5H3,(H,40,44)/t29-,34-/m0/s1. The van der Waals surface area contributed by atoms with E-state index in [0.717, 1.165) is 30.0 Å². The summed E-state index contributed by atoms with van der Waals surface area (Å²) in [6.07, 6.45) is 0.260. The van der Waals surface area contributed by atoms with Crippen molar-refractivity contribution in [1.29, 1.82) is 0 Å². The molecule has 2 atom stereocenters. The van der Waals surface area contributed by atoms with Crippen molar-refractivity contribution in [3.05, 3.63) is 95.4 Å². The van der Waals surface area contributed by atoms with Gasteiger partial charge < -0.3 is 24.8 Å². The summed E-state index contributed by atoms with van der Waals surface area (Å²) in [6, 6.07) is 22.4. The monoisotopic (exact) mass is 610 g/mol. The first-order valence-corrected chi connectivity index (χ1v) is 15.8. The van der Waals surface area contributed by atoms with Crippen LogP contribution in [0.25, 0.3) is 10.9 Å². The van der Waals surface area contributed by atoms with Gasteiger partial charge >= 0.3 is 0 Å². The molecule has 0 unspecified atom stereocenters. The maximum Gasteiger partial charge on any atom is 0.249 e. The Hall–Kier alpha value is -4.17. The molecule has 1 saturated carbocycles. The van der Waals surface area contributed by atoms with Crippen LogP contribution in [-0.2, 0) is 20.9 Å². The van der Waals surface area contributed by atoms with Gasteiger partial charge in [0.1, 0.15) is 11.4 Å². The van der Waals surface area contributed by atoms with E-state index in [2.05, 4.69) is 48.1 Å². The zero-order chi connectivity index (χ0) is 31.9. The summed E-state index contributed by atoms with van der Waals surface area (Å²) in [4.78, 5) is 35.5. The first-order chi connectivity index (χ1) is 21.5. The number of aromatic nitrogens is 1. The summed E-state index contributed by atoms with van der Waals surface area (Å²) < 4.78 is 20.4. The van der Waals surface area contributed by atoms with Crippen LogP contribution in [0.5, 0.6) is 0 Å². The van der Waals surface area contributed by atoms with Crippen molar-refractivity contribution < 1.29 is 18.7 Å². The number of H-pyrrole nitrogens is 1. The van der Waals surface area contributed by atoms with Gasteiger partial charge in [-0.2, -0.15) is 0 Å². The molecule has 1 aliphatic carbocycles. The van der Waals surface area contributed by atoms with Crippen LogP contribution in [0.4, 0.5) is 15.8 Å². The number of aromatic amines is 1. The molecule has 2 heterocycles. The zero-order valence-electron chi connectivity index (χ0n) is 26.8. The number of hydrogen-bond acceptors (Lipinski definition) is 4. The third-order valence-electron chi connectivity index (χ3n) is 10.0. The number of fused-ring (bicyclic) bond motifs is 1. The Kier molecular flexibility index (Phi) is 8.20. The molecule has 1 aliphatic heterocycles. The van der Waals surface area contributed by atoms with Crippen molar-refractivity contribution in [3.63, 3.8) is 0 Å². The molecule has 45 heavy (non-hydrogen) atoms. The fourth-order valence-electron chi connectivity index (χ4n) is 7.07. The molecular weight excluding hydrogens is 567 g/mol. The lowest BCUT2D eigenvalue weighted by Crippen LogP contribution is -2.55. The van der Waals surface area contributed by atoms with E-state index in [1.807, 2.05) is 36.4 Å². The molecule has 2 aliphatic rings. The Morgan fingerprint density at radius 1 is 1.02 bits per heavy atom. The SMILES string of the molecule is Cc1[nH]c2ccccc2c1[C@@H]1[C@H](CC(=O)N(Cc2ccccc2F)C(C)(C)C(=O)Nc2ccc(N3CCOCC3)cc2)C1(C)C. The van der Waals surface area contributed by atoms with Gasteiger partial charge in [0.15, 0.2) is 0 Å². The van der Waals surface area contributed by atoms with Crippen LogP contribution in [0, 0.1) is 24.1 Å². The van der Waals surface area contributed by atoms with Crippen LogP contribution >= 0.6 is 0 Å². The number of aryl methyl sites for hydroxylation is 1. The van der Waals surface area contributed by atoms with Crippen molar-refractivity contribution >= 4 is 34.1 Å². The molecular formula is C37H43FN4O3. The number of carbonyl (C=O) groups excluding carboxylic acids is 2. The highest BCUT2D eigenvalue weighted by Crippen LogP contribution is 2.67. The quantitative estimate of drug-likeness (QED) is 0.213. The molecule has 8 heteroatoms. The minimum absolute atomic E-state index is 0.00811. The Morgan fingerprint density at radius 3 is 2.40 bits per heavy atom. The van der Waals surface area contributed by atoms with E-state index in [9.17, 15) is 14.0 Å². The maximum atomic E-state index is 14.9. The van der Waals surface area contributed by atoms with Crippen molar-refractivity contribution in [2.45, 2.75) is 59.0 Å². The molecule has 236 valence electrons. The van der Waals surface area contributed by atoms with Crippen LogP contribution < -0.4 is 10.2 Å². The maximum absolute atomic E-state index is 14.9. The lowest BCUT2D eigenvalue weighted by Gasteiger charge is -2.38. The molecule has 3 aromatic carbocycles. The van der Waals surface area contributed by atoms with Crippen molar-refractivity contribution in [1.82, 2.24) is 9.88 Å². The summed E-state index contributed by atoms with van der Waals surface area (Å²) in [5.41, 5.74) is 4.19. The number of rotatable bonds is 9. The van der Waals surface area contributed by atoms with Gasteiger partial charge in [0.2, 0.25) is 11.8 Å². The van der Waals surface area contributed by atoms with Gasteiger partial charge in [-0.1, -0.05) is 50.2 Å². The third kappa shape index (κ3) is 5.96. The molecule has 0 radical (unpaired) electrons. The van der Waals surface area contributed by atoms with E-state index >= 15 is 0 Å². The Morgan fingerprint density at radius 2 is 1.69 bits per heavy atom. The highest BCUT2D eigenvalue weighted by molar-refractivity contribution is 6.00. The molecule has 2 N–H and O–H groups in total. The average Bonchev–Trinajstić information content (AvgIpc) is 3.37. The van der Waals surface area contributed by atoms with Crippen LogP contribution in [-0.4, -0.2) is 53.5 Å². The van der Waals surface area contributed by atoms with Gasteiger partial charge in [0, 0.05) is 59.6 Å². The molecule has 0 spiro atoms. The van der Waals surface area contributed by atoms with Gasteiger partial charge in [0.05, 0.1) is 13.2 Å². The summed E-state index contributed by atoms with van der Waals surface area (Å²) >= 11 is 0. The number of halogens is 1. The Labute approximate surface area is 264 Å². The molecule has 2 amide bonds. The second kappa shape index (κ2) is 12.0. The van der Waals surface area contributed by atoms with Crippen LogP contribution in [0.15, 0.2) is 72.8 Å². The van der Waals surface area contributed by atoms with Gasteiger partial charge in [0.25, 0.3) is 0 Å². The highest BCUT2D eigenvalue weighted by Gasteiger charge is 2.60. The first kappa shape index (κ1) is 30.8. The summed E-state index contributed by atoms with van der Waals surface area (Å²) in [7, 11) is 0. The Bertz CT molecular complexity index is 1700. The predicted octanol–water partition coefficient (Wildman–Crippen LogP) is 7.03. The Balaban J connectivity index is 1.23. The number of morpholine rings is 1. The van der Waals surface area contributed by atoms with Crippen LogP contribution in [0.2, 0.25) is 0 Å². The number of hydrogen-bond donors (Lipinski definition) is 2. The van der Waals surface area contributed by atoms with Crippen molar-refractivity contribution in [2.75, 3.05) is 36.5 Å². The van der Waals surface area contributed by atoms with Crippen LogP contribution in [0.1, 0.15) is 56.9 Å². The number of ether oxygens (including phenoxy) is 1. The smallest absolute Gasteiger partial charge is 0.249 e. The summed E-state index contributed by atoms with van der Waals surface area (Å²) in [5, 5.41) is 4.20. The van der Waals surface area contributed by atoms with E-state index in [0.29, 0.717) is 24.5 Å². The number of carbonyl (C=O) groups is 2. The fourth-order valence-corrected chi connectivity index (χ4v) is 7.07. The van der Waals surface area contributed by atoms with E-state index < -0.39 is 11.4 Å². The van der Waals surface area contributed by atoms with Crippen molar-refractivity contribution in [2.24, 2.45) is 11.3 Å². The molecule has 1 aromatic heterocycles. The number of nitrogens with one attached hydrogen (secondary N) is 2.